The maximum Gasteiger partial charge on any atom is 0.638 e. The molecule has 0 aliphatic carbocycles. The molecule has 1 N–H and O–H groups in total. The van der Waals surface area contributed by atoms with Gasteiger partial charge in [0.25, 0.3) is 0 Å². The average Bonchev–Trinajstić information content (AvgIpc) is 2.84. The average molecular weight is 450 g/mol. The molecule has 0 amide bonds. The van der Waals surface area contributed by atoms with Crippen LogP contribution in [0.3, 0.4) is 0 Å². The lowest BCUT2D eigenvalue weighted by Crippen LogP contribution is -2.28. The molecular formula is C30H31BO3. The summed E-state index contributed by atoms with van der Waals surface area (Å²) in [7, 11) is -1.43. The zero-order valence-corrected chi connectivity index (χ0v) is 20.2. The molecule has 0 spiro atoms. The molecule has 4 heteroatoms. The molecule has 0 saturated carbocycles. The Kier molecular flexibility index (Phi) is 7.64. The fourth-order valence-corrected chi connectivity index (χ4v) is 3.93. The van der Waals surface area contributed by atoms with Gasteiger partial charge in [-0.2, -0.15) is 0 Å². The quantitative estimate of drug-likeness (QED) is 0.300. The summed E-state index contributed by atoms with van der Waals surface area (Å²) in [5.41, 5.74) is 8.50. The van der Waals surface area contributed by atoms with Crippen molar-refractivity contribution in [3.63, 3.8) is 0 Å². The molecule has 0 saturated heterocycles. The van der Waals surface area contributed by atoms with Crippen LogP contribution in [-0.4, -0.2) is 12.3 Å². The third kappa shape index (κ3) is 6.03. The molecule has 0 atom stereocenters. The van der Waals surface area contributed by atoms with Crippen molar-refractivity contribution < 1.29 is 14.3 Å². The summed E-state index contributed by atoms with van der Waals surface area (Å²) >= 11 is 0. The number of benzene rings is 4. The van der Waals surface area contributed by atoms with Gasteiger partial charge in [-0.05, 0) is 49.9 Å². The molecule has 4 aromatic rings. The van der Waals surface area contributed by atoms with Gasteiger partial charge in [-0.15, -0.1) is 0 Å². The van der Waals surface area contributed by atoms with Gasteiger partial charge in [0.05, 0.1) is 12.2 Å². The lowest BCUT2D eigenvalue weighted by atomic mass is 9.96. The van der Waals surface area contributed by atoms with E-state index >= 15 is 0 Å². The highest BCUT2D eigenvalue weighted by Gasteiger charge is 2.29. The van der Waals surface area contributed by atoms with Crippen LogP contribution in [0, 0.1) is 27.7 Å². The Labute approximate surface area is 203 Å². The number of rotatable bonds is 8. The molecular weight excluding hydrogens is 419 g/mol. The maximum atomic E-state index is 11.0. The van der Waals surface area contributed by atoms with Gasteiger partial charge in [-0.3, -0.25) is 0 Å². The van der Waals surface area contributed by atoms with E-state index in [2.05, 4.69) is 76.2 Å². The van der Waals surface area contributed by atoms with Crippen molar-refractivity contribution in [3.8, 4) is 0 Å². The molecule has 3 nitrogen and oxygen atoms in total. The van der Waals surface area contributed by atoms with E-state index in [1.807, 2.05) is 48.5 Å². The summed E-state index contributed by atoms with van der Waals surface area (Å²) in [6, 6.07) is 32.7. The summed E-state index contributed by atoms with van der Waals surface area (Å²) in [6.07, 6.45) is -0.930. The predicted octanol–water partition coefficient (Wildman–Crippen LogP) is 6.81. The predicted molar refractivity (Wildman–Crippen MR) is 139 cm³/mol. The van der Waals surface area contributed by atoms with E-state index in [1.165, 1.54) is 22.3 Å². The fraction of sp³-hybridized carbons (Fsp3) is 0.200. The van der Waals surface area contributed by atoms with Crippen LogP contribution in [0.4, 0.5) is 0 Å². The summed E-state index contributed by atoms with van der Waals surface area (Å²) in [5, 5.41) is 11.0. The molecule has 0 unspecified atom stereocenters. The SMILES string of the molecule is Cc1ccc(C(OB(O)OC(c2ccc(C)cc2)c2ccc(C)cc2)c2ccc(C)cc2)cc1. The largest absolute Gasteiger partial charge is 0.638 e. The van der Waals surface area contributed by atoms with Crippen molar-refractivity contribution in [1.82, 2.24) is 0 Å². The highest BCUT2D eigenvalue weighted by atomic mass is 16.7. The summed E-state index contributed by atoms with van der Waals surface area (Å²) < 4.78 is 12.3. The zero-order valence-electron chi connectivity index (χ0n) is 20.2. The topological polar surface area (TPSA) is 38.7 Å². The molecule has 0 heterocycles. The smallest absolute Gasteiger partial charge is 0.402 e. The Balaban J connectivity index is 1.62. The van der Waals surface area contributed by atoms with E-state index in [-0.39, 0.29) is 0 Å². The standard InChI is InChI=1S/C30H31BO3/c1-21-5-13-25(14-6-21)29(26-15-7-22(2)8-16-26)33-31(32)34-30(27-17-9-23(3)10-18-27)28-19-11-24(4)12-20-28/h5-20,29-30,32H,1-4H3. The van der Waals surface area contributed by atoms with Crippen LogP contribution < -0.4 is 0 Å². The second-order valence-corrected chi connectivity index (χ2v) is 8.98. The Morgan fingerprint density at radius 3 is 0.853 bits per heavy atom. The van der Waals surface area contributed by atoms with E-state index in [4.69, 9.17) is 9.31 Å². The monoisotopic (exact) mass is 450 g/mol. The Morgan fingerprint density at radius 2 is 0.647 bits per heavy atom. The van der Waals surface area contributed by atoms with Crippen LogP contribution in [0.15, 0.2) is 97.1 Å². The van der Waals surface area contributed by atoms with Gasteiger partial charge in [0, 0.05) is 0 Å². The Hall–Kier alpha value is -3.18. The molecule has 0 aromatic heterocycles. The van der Waals surface area contributed by atoms with Crippen molar-refractivity contribution >= 4 is 7.32 Å². The van der Waals surface area contributed by atoms with Gasteiger partial charge < -0.3 is 14.3 Å². The van der Waals surface area contributed by atoms with Crippen LogP contribution in [0.25, 0.3) is 0 Å². The normalized spacial score (nSPS) is 11.3. The zero-order chi connectivity index (χ0) is 24.1. The molecule has 0 aliphatic rings. The van der Waals surface area contributed by atoms with E-state index < -0.39 is 19.5 Å². The fourth-order valence-electron chi connectivity index (χ4n) is 3.93. The van der Waals surface area contributed by atoms with Crippen molar-refractivity contribution in [2.75, 3.05) is 0 Å². The first-order valence-corrected chi connectivity index (χ1v) is 11.6. The molecule has 172 valence electrons. The van der Waals surface area contributed by atoms with Crippen LogP contribution in [0.1, 0.15) is 56.7 Å². The Morgan fingerprint density at radius 1 is 0.441 bits per heavy atom. The van der Waals surface area contributed by atoms with Crippen LogP contribution in [0.2, 0.25) is 0 Å². The number of hydrogen-bond acceptors (Lipinski definition) is 3. The summed E-state index contributed by atoms with van der Waals surface area (Å²) in [5.74, 6) is 0. The van der Waals surface area contributed by atoms with Gasteiger partial charge in [-0.1, -0.05) is 119 Å². The second kappa shape index (κ2) is 10.8. The third-order valence-electron chi connectivity index (χ3n) is 6.03. The van der Waals surface area contributed by atoms with Gasteiger partial charge in [0.15, 0.2) is 0 Å². The van der Waals surface area contributed by atoms with Crippen LogP contribution in [-0.2, 0) is 9.31 Å². The van der Waals surface area contributed by atoms with Crippen LogP contribution >= 0.6 is 0 Å². The van der Waals surface area contributed by atoms with Gasteiger partial charge in [-0.25, -0.2) is 0 Å². The minimum Gasteiger partial charge on any atom is -0.402 e. The summed E-state index contributed by atoms with van der Waals surface area (Å²) in [4.78, 5) is 0. The lowest BCUT2D eigenvalue weighted by molar-refractivity contribution is 0.0798. The number of aryl methyl sites for hydroxylation is 4. The molecule has 0 fully saturated rings. The third-order valence-corrected chi connectivity index (χ3v) is 6.03. The van der Waals surface area contributed by atoms with Gasteiger partial charge >= 0.3 is 7.32 Å². The first kappa shape index (κ1) is 24.0. The number of hydrogen-bond donors (Lipinski definition) is 1. The maximum absolute atomic E-state index is 11.0. The minimum absolute atomic E-state index is 0.465. The lowest BCUT2D eigenvalue weighted by Gasteiger charge is -2.25. The van der Waals surface area contributed by atoms with Crippen molar-refractivity contribution in [2.24, 2.45) is 0 Å². The second-order valence-electron chi connectivity index (χ2n) is 8.98. The van der Waals surface area contributed by atoms with Crippen LogP contribution in [0.5, 0.6) is 0 Å². The van der Waals surface area contributed by atoms with E-state index in [0.717, 1.165) is 22.3 Å². The van der Waals surface area contributed by atoms with E-state index in [0.29, 0.717) is 0 Å². The highest BCUT2D eigenvalue weighted by Crippen LogP contribution is 2.31. The van der Waals surface area contributed by atoms with Crippen molar-refractivity contribution in [2.45, 2.75) is 39.9 Å². The first-order valence-electron chi connectivity index (χ1n) is 11.6. The van der Waals surface area contributed by atoms with Crippen molar-refractivity contribution in [1.29, 1.82) is 0 Å². The van der Waals surface area contributed by atoms with Gasteiger partial charge in [0.2, 0.25) is 0 Å². The Bertz CT molecular complexity index is 996. The van der Waals surface area contributed by atoms with E-state index in [1.54, 1.807) is 0 Å². The summed E-state index contributed by atoms with van der Waals surface area (Å²) in [6.45, 7) is 8.21. The van der Waals surface area contributed by atoms with Gasteiger partial charge in [0.1, 0.15) is 0 Å². The highest BCUT2D eigenvalue weighted by molar-refractivity contribution is 6.34. The van der Waals surface area contributed by atoms with E-state index in [9.17, 15) is 5.02 Å². The minimum atomic E-state index is -1.43. The molecule has 4 rings (SSSR count). The molecule has 0 bridgehead atoms. The molecule has 0 radical (unpaired) electrons. The van der Waals surface area contributed by atoms with Crippen molar-refractivity contribution in [3.05, 3.63) is 142 Å². The molecule has 34 heavy (non-hydrogen) atoms. The molecule has 4 aromatic carbocycles. The molecule has 0 aliphatic heterocycles. The first-order chi connectivity index (χ1) is 16.4.